The molecule has 0 spiro atoms. The highest BCUT2D eigenvalue weighted by atomic mass is 19.1. The summed E-state index contributed by atoms with van der Waals surface area (Å²) < 4.78 is 29.2. The summed E-state index contributed by atoms with van der Waals surface area (Å²) in [4.78, 5) is 12.4. The molecule has 2 rings (SSSR count). The molecule has 2 aromatic carbocycles. The molecule has 0 bridgehead atoms. The molecule has 6 heteroatoms. The van der Waals surface area contributed by atoms with E-state index in [-0.39, 0.29) is 23.3 Å². The van der Waals surface area contributed by atoms with Crippen LogP contribution in [0.15, 0.2) is 36.4 Å². The average molecular weight is 347 g/mol. The van der Waals surface area contributed by atoms with Crippen LogP contribution in [0, 0.1) is 5.82 Å². The number of methoxy groups -OCH3 is 3. The lowest BCUT2D eigenvalue weighted by Gasteiger charge is -2.19. The lowest BCUT2D eigenvalue weighted by molar-refractivity contribution is 0.0935. The van der Waals surface area contributed by atoms with Gasteiger partial charge in [-0.15, -0.1) is 0 Å². The van der Waals surface area contributed by atoms with E-state index in [0.29, 0.717) is 17.9 Å². The van der Waals surface area contributed by atoms with E-state index in [9.17, 15) is 9.18 Å². The summed E-state index contributed by atoms with van der Waals surface area (Å²) in [5.74, 6) is 0.369. The number of carbonyl (C=O) groups is 1. The van der Waals surface area contributed by atoms with E-state index in [1.807, 2.05) is 19.1 Å². The molecule has 0 aromatic heterocycles. The second kappa shape index (κ2) is 8.37. The number of benzene rings is 2. The zero-order valence-electron chi connectivity index (χ0n) is 14.8. The summed E-state index contributed by atoms with van der Waals surface area (Å²) in [5.41, 5.74) is 1.11. The van der Waals surface area contributed by atoms with Crippen molar-refractivity contribution in [3.05, 3.63) is 53.3 Å². The predicted molar refractivity (Wildman–Crippen MR) is 93.0 cm³/mol. The van der Waals surface area contributed by atoms with Gasteiger partial charge in [0.05, 0.1) is 27.4 Å². The first-order valence-corrected chi connectivity index (χ1v) is 7.90. The van der Waals surface area contributed by atoms with Crippen LogP contribution in [0.3, 0.4) is 0 Å². The van der Waals surface area contributed by atoms with E-state index < -0.39 is 5.82 Å². The van der Waals surface area contributed by atoms with Crippen molar-refractivity contribution < 1.29 is 23.4 Å². The van der Waals surface area contributed by atoms with Crippen molar-refractivity contribution >= 4 is 5.91 Å². The minimum absolute atomic E-state index is 0.100. The second-order valence-electron chi connectivity index (χ2n) is 5.40. The van der Waals surface area contributed by atoms with Crippen LogP contribution < -0.4 is 19.5 Å². The van der Waals surface area contributed by atoms with Crippen LogP contribution in [0.25, 0.3) is 0 Å². The molecule has 0 radical (unpaired) electrons. The Labute approximate surface area is 146 Å². The lowest BCUT2D eigenvalue weighted by atomic mass is 10.0. The molecule has 1 unspecified atom stereocenters. The third-order valence-corrected chi connectivity index (χ3v) is 3.94. The van der Waals surface area contributed by atoms with Gasteiger partial charge in [0.2, 0.25) is 0 Å². The number of ether oxygens (including phenoxy) is 3. The van der Waals surface area contributed by atoms with Crippen molar-refractivity contribution in [1.82, 2.24) is 5.32 Å². The topological polar surface area (TPSA) is 56.8 Å². The molecule has 0 saturated carbocycles. The Morgan fingerprint density at radius 2 is 1.64 bits per heavy atom. The van der Waals surface area contributed by atoms with Crippen molar-refractivity contribution in [2.24, 2.45) is 0 Å². The van der Waals surface area contributed by atoms with Gasteiger partial charge in [0.15, 0.2) is 23.1 Å². The monoisotopic (exact) mass is 347 g/mol. The number of amides is 1. The first-order valence-electron chi connectivity index (χ1n) is 7.90. The second-order valence-corrected chi connectivity index (χ2v) is 5.40. The van der Waals surface area contributed by atoms with E-state index in [0.717, 1.165) is 11.6 Å². The van der Waals surface area contributed by atoms with Gasteiger partial charge in [0, 0.05) is 5.56 Å². The van der Waals surface area contributed by atoms with Crippen LogP contribution in [0.1, 0.15) is 35.3 Å². The number of carbonyl (C=O) groups excluding carboxylic acids is 1. The number of rotatable bonds is 7. The highest BCUT2D eigenvalue weighted by Gasteiger charge is 2.17. The Kier molecular flexibility index (Phi) is 6.22. The average Bonchev–Trinajstić information content (AvgIpc) is 2.65. The van der Waals surface area contributed by atoms with Crippen LogP contribution in [0.5, 0.6) is 17.2 Å². The Morgan fingerprint density at radius 3 is 2.20 bits per heavy atom. The largest absolute Gasteiger partial charge is 0.494 e. The van der Waals surface area contributed by atoms with Gasteiger partial charge in [0.25, 0.3) is 5.91 Å². The summed E-state index contributed by atoms with van der Waals surface area (Å²) >= 11 is 0. The fraction of sp³-hybridized carbons (Fsp3) is 0.316. The molecular formula is C19H22FNO4. The van der Waals surface area contributed by atoms with Crippen molar-refractivity contribution in [3.63, 3.8) is 0 Å². The van der Waals surface area contributed by atoms with Gasteiger partial charge in [-0.05, 0) is 42.3 Å². The van der Waals surface area contributed by atoms with Gasteiger partial charge in [-0.25, -0.2) is 4.39 Å². The maximum absolute atomic E-state index is 13.8. The van der Waals surface area contributed by atoms with Gasteiger partial charge < -0.3 is 19.5 Å². The molecule has 1 atom stereocenters. The highest BCUT2D eigenvalue weighted by molar-refractivity contribution is 5.94. The summed E-state index contributed by atoms with van der Waals surface area (Å²) in [6.45, 7) is 1.95. The molecule has 5 nitrogen and oxygen atoms in total. The predicted octanol–water partition coefficient (Wildman–Crippen LogP) is 3.73. The molecule has 2 aromatic rings. The number of hydrogen-bond donors (Lipinski definition) is 1. The molecule has 0 saturated heterocycles. The Morgan fingerprint density at radius 1 is 1.00 bits per heavy atom. The van der Waals surface area contributed by atoms with E-state index in [1.54, 1.807) is 20.3 Å². The molecule has 25 heavy (non-hydrogen) atoms. The third-order valence-electron chi connectivity index (χ3n) is 3.94. The quantitative estimate of drug-likeness (QED) is 0.829. The minimum atomic E-state index is -0.575. The van der Waals surface area contributed by atoms with Crippen LogP contribution >= 0.6 is 0 Å². The van der Waals surface area contributed by atoms with E-state index in [1.165, 1.54) is 19.2 Å². The summed E-state index contributed by atoms with van der Waals surface area (Å²) in [6.07, 6.45) is 0.667. The standard InChI is InChI=1S/C19H22FNO4/c1-5-15(12-6-9-17(24-3)18(11-12)25-4)21-19(22)13-7-8-16(23-2)14(20)10-13/h6-11,15H,5H2,1-4H3,(H,21,22). The van der Waals surface area contributed by atoms with Crippen molar-refractivity contribution in [2.75, 3.05) is 21.3 Å². The van der Waals surface area contributed by atoms with E-state index >= 15 is 0 Å². The first kappa shape index (κ1) is 18.6. The van der Waals surface area contributed by atoms with Gasteiger partial charge in [0.1, 0.15) is 0 Å². The number of halogens is 1. The summed E-state index contributed by atoms with van der Waals surface area (Å²) in [7, 11) is 4.50. The summed E-state index contributed by atoms with van der Waals surface area (Å²) in [6, 6.07) is 9.36. The van der Waals surface area contributed by atoms with Crippen LogP contribution in [0.2, 0.25) is 0 Å². The molecule has 0 aliphatic carbocycles. The summed E-state index contributed by atoms with van der Waals surface area (Å²) in [5, 5.41) is 2.91. The fourth-order valence-corrected chi connectivity index (χ4v) is 2.54. The molecule has 0 aliphatic heterocycles. The number of nitrogens with one attached hydrogen (secondary N) is 1. The maximum Gasteiger partial charge on any atom is 0.251 e. The molecule has 0 aliphatic rings. The number of hydrogen-bond acceptors (Lipinski definition) is 4. The van der Waals surface area contributed by atoms with Gasteiger partial charge in [-0.2, -0.15) is 0 Å². The Balaban J connectivity index is 2.21. The van der Waals surface area contributed by atoms with Crippen LogP contribution in [0.4, 0.5) is 4.39 Å². The van der Waals surface area contributed by atoms with Crippen molar-refractivity contribution in [1.29, 1.82) is 0 Å². The molecule has 1 N–H and O–H groups in total. The third kappa shape index (κ3) is 4.21. The van der Waals surface area contributed by atoms with Crippen molar-refractivity contribution in [3.8, 4) is 17.2 Å². The zero-order chi connectivity index (χ0) is 18.4. The van der Waals surface area contributed by atoms with Crippen LogP contribution in [-0.4, -0.2) is 27.2 Å². The van der Waals surface area contributed by atoms with Crippen molar-refractivity contribution in [2.45, 2.75) is 19.4 Å². The zero-order valence-corrected chi connectivity index (χ0v) is 14.8. The van der Waals surface area contributed by atoms with E-state index in [4.69, 9.17) is 14.2 Å². The maximum atomic E-state index is 13.8. The minimum Gasteiger partial charge on any atom is -0.494 e. The van der Waals surface area contributed by atoms with Gasteiger partial charge in [-0.1, -0.05) is 13.0 Å². The fourth-order valence-electron chi connectivity index (χ4n) is 2.54. The first-order chi connectivity index (χ1) is 12.0. The molecule has 134 valence electrons. The highest BCUT2D eigenvalue weighted by Crippen LogP contribution is 2.31. The van der Waals surface area contributed by atoms with Gasteiger partial charge >= 0.3 is 0 Å². The smallest absolute Gasteiger partial charge is 0.251 e. The molecule has 0 fully saturated rings. The molecular weight excluding hydrogens is 325 g/mol. The molecule has 1 amide bonds. The van der Waals surface area contributed by atoms with E-state index in [2.05, 4.69) is 5.32 Å². The SMILES string of the molecule is CCC(NC(=O)c1ccc(OC)c(F)c1)c1ccc(OC)c(OC)c1. The Bertz CT molecular complexity index is 748. The Hall–Kier alpha value is -2.76. The van der Waals surface area contributed by atoms with Crippen LogP contribution in [-0.2, 0) is 0 Å². The lowest BCUT2D eigenvalue weighted by Crippen LogP contribution is -2.28. The van der Waals surface area contributed by atoms with Gasteiger partial charge in [-0.3, -0.25) is 4.79 Å². The normalized spacial score (nSPS) is 11.6. The molecule has 0 heterocycles.